The third-order valence-electron chi connectivity index (χ3n) is 7.97. The molecule has 1 atom stereocenters. The minimum atomic E-state index is -0.713. The third-order valence-corrected chi connectivity index (χ3v) is 7.97. The summed E-state index contributed by atoms with van der Waals surface area (Å²) in [6.45, 7) is 2.87. The number of nitrogens with zero attached hydrogens (tertiary/aromatic N) is 3. The summed E-state index contributed by atoms with van der Waals surface area (Å²) in [6.07, 6.45) is 5.88. The van der Waals surface area contributed by atoms with Crippen LogP contribution in [0.3, 0.4) is 0 Å². The lowest BCUT2D eigenvalue weighted by Crippen LogP contribution is -2.72. The van der Waals surface area contributed by atoms with Crippen LogP contribution in [-0.4, -0.2) is 64.4 Å². The molecule has 0 bridgehead atoms. The van der Waals surface area contributed by atoms with Crippen LogP contribution >= 0.6 is 0 Å². The Morgan fingerprint density at radius 3 is 2.52 bits per heavy atom. The van der Waals surface area contributed by atoms with Crippen LogP contribution in [0, 0.1) is 0 Å². The van der Waals surface area contributed by atoms with E-state index >= 15 is 0 Å². The number of benzene rings is 2. The topological polar surface area (TPSA) is 59.7 Å². The van der Waals surface area contributed by atoms with E-state index in [9.17, 15) is 9.59 Å². The summed E-state index contributed by atoms with van der Waals surface area (Å²) in [4.78, 5) is 37.1. The molecule has 1 N–H and O–H groups in total. The van der Waals surface area contributed by atoms with Gasteiger partial charge in [0.1, 0.15) is 11.6 Å². The molecule has 2 amide bonds. The molecule has 1 aromatic heterocycles. The fourth-order valence-electron chi connectivity index (χ4n) is 6.19. The van der Waals surface area contributed by atoms with Gasteiger partial charge in [0.25, 0.3) is 0 Å². The maximum Gasteiger partial charge on any atom is 0.249 e. The summed E-state index contributed by atoms with van der Waals surface area (Å²) in [5.74, 6) is 0.330. The van der Waals surface area contributed by atoms with Gasteiger partial charge in [-0.1, -0.05) is 36.4 Å². The highest BCUT2D eigenvalue weighted by Gasteiger charge is 2.57. The first-order valence-electron chi connectivity index (χ1n) is 12.1. The molecule has 1 spiro atoms. The number of anilines is 1. The molecule has 3 aromatic rings. The Morgan fingerprint density at radius 2 is 1.70 bits per heavy atom. The van der Waals surface area contributed by atoms with E-state index in [2.05, 4.69) is 46.3 Å². The highest BCUT2D eigenvalue weighted by molar-refractivity contribution is 6.00. The largest absolute Gasteiger partial charge is 0.371 e. The summed E-state index contributed by atoms with van der Waals surface area (Å²) < 4.78 is 0. The quantitative estimate of drug-likeness (QED) is 0.672. The lowest BCUT2D eigenvalue weighted by molar-refractivity contribution is -0.170. The van der Waals surface area contributed by atoms with Crippen molar-refractivity contribution in [2.45, 2.75) is 43.7 Å². The normalized spacial score (nSPS) is 22.4. The second-order valence-corrected chi connectivity index (χ2v) is 9.61. The summed E-state index contributed by atoms with van der Waals surface area (Å²) in [6, 6.07) is 18.4. The highest BCUT2D eigenvalue weighted by atomic mass is 16.2. The van der Waals surface area contributed by atoms with Gasteiger partial charge in [-0.15, -0.1) is 0 Å². The first-order chi connectivity index (χ1) is 16.2. The number of amides is 2. The van der Waals surface area contributed by atoms with Crippen molar-refractivity contribution in [3.8, 4) is 0 Å². The molecule has 3 fully saturated rings. The number of H-pyrrole nitrogens is 1. The fraction of sp³-hybridized carbons (Fsp3) is 0.407. The average Bonchev–Trinajstić information content (AvgIpc) is 3.52. The van der Waals surface area contributed by atoms with Crippen LogP contribution in [0.25, 0.3) is 10.9 Å². The smallest absolute Gasteiger partial charge is 0.249 e. The summed E-state index contributed by atoms with van der Waals surface area (Å²) in [7, 11) is 0. The van der Waals surface area contributed by atoms with E-state index in [1.165, 1.54) is 16.6 Å². The first-order valence-corrected chi connectivity index (χ1v) is 12.1. The predicted octanol–water partition coefficient (Wildman–Crippen LogP) is 3.58. The van der Waals surface area contributed by atoms with E-state index in [0.29, 0.717) is 19.4 Å². The maximum absolute atomic E-state index is 13.9. The van der Waals surface area contributed by atoms with E-state index in [1.807, 2.05) is 34.2 Å². The van der Waals surface area contributed by atoms with Crippen molar-refractivity contribution in [3.63, 3.8) is 0 Å². The van der Waals surface area contributed by atoms with Crippen LogP contribution in [0.4, 0.5) is 5.69 Å². The summed E-state index contributed by atoms with van der Waals surface area (Å²) in [5, 5.41) is 1.20. The minimum absolute atomic E-state index is 0.153. The Hall–Kier alpha value is -3.28. The summed E-state index contributed by atoms with van der Waals surface area (Å²) >= 11 is 0. The Labute approximate surface area is 194 Å². The van der Waals surface area contributed by atoms with Crippen LogP contribution in [-0.2, 0) is 16.0 Å². The molecule has 0 aliphatic carbocycles. The lowest BCUT2D eigenvalue weighted by atomic mass is 9.80. The second kappa shape index (κ2) is 7.94. The highest BCUT2D eigenvalue weighted by Crippen LogP contribution is 2.40. The number of carbonyl (C=O) groups excluding carboxylic acids is 2. The average molecular weight is 443 g/mol. The van der Waals surface area contributed by atoms with Crippen molar-refractivity contribution in [3.05, 3.63) is 66.4 Å². The fourth-order valence-corrected chi connectivity index (χ4v) is 6.19. The maximum atomic E-state index is 13.9. The number of nitrogens with one attached hydrogen (secondary N) is 1. The minimum Gasteiger partial charge on any atom is -0.371 e. The summed E-state index contributed by atoms with van der Waals surface area (Å²) in [5.41, 5.74) is 2.79. The molecular weight excluding hydrogens is 412 g/mol. The van der Waals surface area contributed by atoms with Gasteiger partial charge in [-0.3, -0.25) is 9.59 Å². The third kappa shape index (κ3) is 3.23. The van der Waals surface area contributed by atoms with Gasteiger partial charge < -0.3 is 19.7 Å². The van der Waals surface area contributed by atoms with Crippen molar-refractivity contribution >= 4 is 28.4 Å². The van der Waals surface area contributed by atoms with Gasteiger partial charge in [0.2, 0.25) is 11.8 Å². The standard InChI is InChI=1S/C27H30N4O2/c32-25-24-11-6-15-30(24)26(33)27(13-17-29(18-14-27)21-7-2-1-3-8-21)31(25)16-12-20-19-28-23-10-5-4-9-22(20)23/h1-5,7-10,19,24,28H,6,11-18H2. The zero-order chi connectivity index (χ0) is 22.4. The number of piperidine rings is 1. The van der Waals surface area contributed by atoms with Gasteiger partial charge in [0.15, 0.2) is 0 Å². The monoisotopic (exact) mass is 442 g/mol. The Balaban J connectivity index is 1.29. The number of fused-ring (bicyclic) bond motifs is 2. The van der Waals surface area contributed by atoms with E-state index in [1.54, 1.807) is 0 Å². The molecule has 0 radical (unpaired) electrons. The molecular formula is C27H30N4O2. The Bertz CT molecular complexity index is 1180. The van der Waals surface area contributed by atoms with Crippen molar-refractivity contribution in [2.75, 3.05) is 31.1 Å². The lowest BCUT2D eigenvalue weighted by Gasteiger charge is -2.54. The zero-order valence-electron chi connectivity index (χ0n) is 18.9. The van der Waals surface area contributed by atoms with E-state index in [-0.39, 0.29) is 17.9 Å². The van der Waals surface area contributed by atoms with Crippen LogP contribution in [0.15, 0.2) is 60.8 Å². The molecule has 6 heteroatoms. The van der Waals surface area contributed by atoms with E-state index in [4.69, 9.17) is 0 Å². The van der Waals surface area contributed by atoms with E-state index < -0.39 is 5.54 Å². The molecule has 3 aliphatic heterocycles. The molecule has 33 heavy (non-hydrogen) atoms. The van der Waals surface area contributed by atoms with Crippen LogP contribution in [0.5, 0.6) is 0 Å². The number of rotatable bonds is 4. The molecule has 170 valence electrons. The number of para-hydroxylation sites is 2. The van der Waals surface area contributed by atoms with Crippen LogP contribution < -0.4 is 4.90 Å². The molecule has 1 unspecified atom stereocenters. The Morgan fingerprint density at radius 1 is 0.939 bits per heavy atom. The van der Waals surface area contributed by atoms with Gasteiger partial charge in [0, 0.05) is 49.0 Å². The Kier molecular flexibility index (Phi) is 4.89. The number of carbonyl (C=O) groups is 2. The molecule has 3 aliphatic rings. The molecule has 0 saturated carbocycles. The molecule has 2 aromatic carbocycles. The molecule has 4 heterocycles. The van der Waals surface area contributed by atoms with Crippen LogP contribution in [0.2, 0.25) is 0 Å². The van der Waals surface area contributed by atoms with Crippen molar-refractivity contribution in [2.24, 2.45) is 0 Å². The van der Waals surface area contributed by atoms with Gasteiger partial charge >= 0.3 is 0 Å². The molecule has 6 nitrogen and oxygen atoms in total. The number of piperazine rings is 1. The van der Waals surface area contributed by atoms with E-state index in [0.717, 1.165) is 44.4 Å². The molecule has 3 saturated heterocycles. The number of hydrogen-bond donors (Lipinski definition) is 1. The number of aromatic nitrogens is 1. The van der Waals surface area contributed by atoms with Gasteiger partial charge in [-0.2, -0.15) is 0 Å². The van der Waals surface area contributed by atoms with Crippen molar-refractivity contribution < 1.29 is 9.59 Å². The van der Waals surface area contributed by atoms with Crippen LogP contribution in [0.1, 0.15) is 31.2 Å². The number of hydrogen-bond acceptors (Lipinski definition) is 3. The van der Waals surface area contributed by atoms with Crippen molar-refractivity contribution in [1.29, 1.82) is 0 Å². The second-order valence-electron chi connectivity index (χ2n) is 9.61. The number of aromatic amines is 1. The van der Waals surface area contributed by atoms with Gasteiger partial charge in [-0.25, -0.2) is 0 Å². The SMILES string of the molecule is O=C1C2CCCN2C(=O)C2(CCN(c3ccccc3)CC2)N1CCc1c[nH]c2ccccc12. The first kappa shape index (κ1) is 20.3. The van der Waals surface area contributed by atoms with Crippen molar-refractivity contribution in [1.82, 2.24) is 14.8 Å². The molecule has 6 rings (SSSR count). The van der Waals surface area contributed by atoms with Gasteiger partial charge in [0.05, 0.1) is 0 Å². The van der Waals surface area contributed by atoms with Gasteiger partial charge in [-0.05, 0) is 55.9 Å². The predicted molar refractivity (Wildman–Crippen MR) is 129 cm³/mol. The zero-order valence-corrected chi connectivity index (χ0v) is 18.9.